The van der Waals surface area contributed by atoms with Gasteiger partial charge in [0.2, 0.25) is 5.91 Å². The quantitative estimate of drug-likeness (QED) is 0.812. The first-order valence-electron chi connectivity index (χ1n) is 6.76. The molecule has 104 valence electrons. The molecule has 1 aromatic heterocycles. The Labute approximate surface area is 114 Å². The minimum Gasteiger partial charge on any atom is -0.363 e. The summed E-state index contributed by atoms with van der Waals surface area (Å²) in [6, 6.07) is 2.04. The zero-order valence-electron chi connectivity index (χ0n) is 12.2. The fourth-order valence-corrected chi connectivity index (χ4v) is 2.52. The molecular weight excluding hydrogens is 240 g/mol. The van der Waals surface area contributed by atoms with Gasteiger partial charge in [-0.25, -0.2) is 9.97 Å². The van der Waals surface area contributed by atoms with E-state index in [0.29, 0.717) is 5.92 Å². The standard InChI is InChI=1S/C14H22N4O/c1-10-15-13(8-14(16-10)17(3)4)12-6-5-7-18(9-12)11(2)19/h8,12H,5-7,9H2,1-4H3. The minimum atomic E-state index is 0.156. The van der Waals surface area contributed by atoms with E-state index in [0.717, 1.165) is 43.3 Å². The number of carbonyl (C=O) groups excluding carboxylic acids is 1. The highest BCUT2D eigenvalue weighted by Crippen LogP contribution is 2.27. The van der Waals surface area contributed by atoms with Gasteiger partial charge in [0.05, 0.1) is 5.69 Å². The van der Waals surface area contributed by atoms with Crippen LogP contribution >= 0.6 is 0 Å². The van der Waals surface area contributed by atoms with Crippen LogP contribution in [0, 0.1) is 6.92 Å². The lowest BCUT2D eigenvalue weighted by molar-refractivity contribution is -0.130. The maximum absolute atomic E-state index is 11.5. The van der Waals surface area contributed by atoms with Gasteiger partial charge < -0.3 is 9.80 Å². The van der Waals surface area contributed by atoms with Crippen LogP contribution in [0.1, 0.15) is 37.2 Å². The highest BCUT2D eigenvalue weighted by atomic mass is 16.2. The van der Waals surface area contributed by atoms with E-state index >= 15 is 0 Å². The van der Waals surface area contributed by atoms with Gasteiger partial charge in [0.25, 0.3) is 0 Å². The Morgan fingerprint density at radius 3 is 2.79 bits per heavy atom. The summed E-state index contributed by atoms with van der Waals surface area (Å²) in [5, 5.41) is 0. The number of amides is 1. The normalized spacial score (nSPS) is 19.4. The molecule has 19 heavy (non-hydrogen) atoms. The summed E-state index contributed by atoms with van der Waals surface area (Å²) in [4.78, 5) is 24.4. The van der Waals surface area contributed by atoms with E-state index in [2.05, 4.69) is 9.97 Å². The van der Waals surface area contributed by atoms with Crippen LogP contribution in [0.4, 0.5) is 5.82 Å². The first kappa shape index (κ1) is 13.8. The third-order valence-corrected chi connectivity index (χ3v) is 3.59. The van der Waals surface area contributed by atoms with Gasteiger partial charge in [-0.05, 0) is 19.8 Å². The molecule has 0 aliphatic carbocycles. The molecule has 1 aliphatic heterocycles. The summed E-state index contributed by atoms with van der Waals surface area (Å²) in [7, 11) is 3.96. The largest absolute Gasteiger partial charge is 0.363 e. The first-order chi connectivity index (χ1) is 8.97. The van der Waals surface area contributed by atoms with Gasteiger partial charge in [-0.15, -0.1) is 0 Å². The third-order valence-electron chi connectivity index (χ3n) is 3.59. The van der Waals surface area contributed by atoms with E-state index < -0.39 is 0 Å². The summed E-state index contributed by atoms with van der Waals surface area (Å²) in [6.07, 6.45) is 2.14. The SMILES string of the molecule is CC(=O)N1CCCC(c2cc(N(C)C)nc(C)n2)C1. The lowest BCUT2D eigenvalue weighted by atomic mass is 9.94. The molecular formula is C14H22N4O. The molecule has 2 rings (SSSR count). The molecule has 5 heteroatoms. The van der Waals surface area contributed by atoms with Crippen molar-refractivity contribution in [1.29, 1.82) is 0 Å². The number of hydrogen-bond acceptors (Lipinski definition) is 4. The van der Waals surface area contributed by atoms with Crippen molar-refractivity contribution >= 4 is 11.7 Å². The van der Waals surface area contributed by atoms with Crippen LogP contribution in [0.3, 0.4) is 0 Å². The van der Waals surface area contributed by atoms with Crippen LogP contribution in [0.25, 0.3) is 0 Å². The van der Waals surface area contributed by atoms with E-state index in [1.54, 1.807) is 6.92 Å². The van der Waals surface area contributed by atoms with Crippen molar-refractivity contribution < 1.29 is 4.79 Å². The average molecular weight is 262 g/mol. The molecule has 0 bridgehead atoms. The van der Waals surface area contributed by atoms with E-state index in [1.807, 2.05) is 36.9 Å². The molecule has 1 saturated heterocycles. The van der Waals surface area contributed by atoms with Gasteiger partial charge in [0.15, 0.2) is 0 Å². The van der Waals surface area contributed by atoms with E-state index in [1.165, 1.54) is 0 Å². The Kier molecular flexibility index (Phi) is 4.02. The maximum Gasteiger partial charge on any atom is 0.219 e. The fraction of sp³-hybridized carbons (Fsp3) is 0.643. The van der Waals surface area contributed by atoms with E-state index in [-0.39, 0.29) is 5.91 Å². The Balaban J connectivity index is 2.23. The number of aryl methyl sites for hydroxylation is 1. The van der Waals surface area contributed by atoms with Crippen molar-refractivity contribution in [2.24, 2.45) is 0 Å². The molecule has 0 N–H and O–H groups in total. The van der Waals surface area contributed by atoms with Gasteiger partial charge in [0.1, 0.15) is 11.6 Å². The number of likely N-dealkylation sites (tertiary alicyclic amines) is 1. The van der Waals surface area contributed by atoms with Crippen LogP contribution in [-0.4, -0.2) is 48.0 Å². The summed E-state index contributed by atoms with van der Waals surface area (Å²) < 4.78 is 0. The lowest BCUT2D eigenvalue weighted by Gasteiger charge is -2.32. The molecule has 1 unspecified atom stereocenters. The predicted molar refractivity (Wildman–Crippen MR) is 75.3 cm³/mol. The fourth-order valence-electron chi connectivity index (χ4n) is 2.52. The molecule has 0 spiro atoms. The number of carbonyl (C=O) groups is 1. The Morgan fingerprint density at radius 1 is 1.42 bits per heavy atom. The Morgan fingerprint density at radius 2 is 2.16 bits per heavy atom. The molecule has 1 aliphatic rings. The smallest absolute Gasteiger partial charge is 0.219 e. The average Bonchev–Trinajstić information content (AvgIpc) is 2.38. The van der Waals surface area contributed by atoms with Crippen molar-refractivity contribution in [3.63, 3.8) is 0 Å². The maximum atomic E-state index is 11.5. The Hall–Kier alpha value is -1.65. The molecule has 1 amide bonds. The summed E-state index contributed by atoms with van der Waals surface area (Å²) in [5.74, 6) is 2.21. The molecule has 5 nitrogen and oxygen atoms in total. The third kappa shape index (κ3) is 3.22. The molecule has 1 fully saturated rings. The molecule has 2 heterocycles. The number of hydrogen-bond donors (Lipinski definition) is 0. The van der Waals surface area contributed by atoms with Crippen LogP contribution in [0.2, 0.25) is 0 Å². The topological polar surface area (TPSA) is 49.3 Å². The summed E-state index contributed by atoms with van der Waals surface area (Å²) in [6.45, 7) is 5.20. The van der Waals surface area contributed by atoms with Crippen molar-refractivity contribution in [2.75, 3.05) is 32.1 Å². The lowest BCUT2D eigenvalue weighted by Crippen LogP contribution is -2.38. The molecule has 0 aromatic carbocycles. The van der Waals surface area contributed by atoms with Crippen LogP contribution in [-0.2, 0) is 4.79 Å². The zero-order valence-corrected chi connectivity index (χ0v) is 12.2. The van der Waals surface area contributed by atoms with Crippen LogP contribution < -0.4 is 4.90 Å². The molecule has 0 radical (unpaired) electrons. The first-order valence-corrected chi connectivity index (χ1v) is 6.76. The number of aromatic nitrogens is 2. The minimum absolute atomic E-state index is 0.156. The highest BCUT2D eigenvalue weighted by Gasteiger charge is 2.24. The van der Waals surface area contributed by atoms with Gasteiger partial charge in [-0.2, -0.15) is 0 Å². The van der Waals surface area contributed by atoms with Gasteiger partial charge in [-0.1, -0.05) is 0 Å². The van der Waals surface area contributed by atoms with Crippen LogP contribution in [0.5, 0.6) is 0 Å². The molecule has 1 atom stereocenters. The van der Waals surface area contributed by atoms with Gasteiger partial charge in [0, 0.05) is 46.1 Å². The van der Waals surface area contributed by atoms with E-state index in [4.69, 9.17) is 0 Å². The Bertz CT molecular complexity index is 473. The highest BCUT2D eigenvalue weighted by molar-refractivity contribution is 5.73. The second-order valence-electron chi connectivity index (χ2n) is 5.40. The van der Waals surface area contributed by atoms with Crippen molar-refractivity contribution in [1.82, 2.24) is 14.9 Å². The van der Waals surface area contributed by atoms with E-state index in [9.17, 15) is 4.79 Å². The predicted octanol–water partition coefficient (Wildman–Crippen LogP) is 1.58. The van der Waals surface area contributed by atoms with Crippen molar-refractivity contribution in [3.8, 4) is 0 Å². The van der Waals surface area contributed by atoms with Gasteiger partial charge in [-0.3, -0.25) is 4.79 Å². The van der Waals surface area contributed by atoms with Gasteiger partial charge >= 0.3 is 0 Å². The second kappa shape index (κ2) is 5.55. The monoisotopic (exact) mass is 262 g/mol. The zero-order chi connectivity index (χ0) is 14.0. The number of rotatable bonds is 2. The summed E-state index contributed by atoms with van der Waals surface area (Å²) in [5.41, 5.74) is 1.06. The second-order valence-corrected chi connectivity index (χ2v) is 5.40. The molecule has 1 aromatic rings. The number of piperidine rings is 1. The summed E-state index contributed by atoms with van der Waals surface area (Å²) >= 11 is 0. The number of anilines is 1. The number of nitrogens with zero attached hydrogens (tertiary/aromatic N) is 4. The van der Waals surface area contributed by atoms with Crippen molar-refractivity contribution in [2.45, 2.75) is 32.6 Å². The van der Waals surface area contributed by atoms with Crippen molar-refractivity contribution in [3.05, 3.63) is 17.6 Å². The molecule has 0 saturated carbocycles. The van der Waals surface area contributed by atoms with Crippen LogP contribution in [0.15, 0.2) is 6.07 Å².